The number of carbonyl (C=O) groups is 1. The lowest BCUT2D eigenvalue weighted by molar-refractivity contribution is 0.0703. The van der Waals surface area contributed by atoms with Gasteiger partial charge in [0.05, 0.1) is 13.2 Å². The van der Waals surface area contributed by atoms with Crippen molar-refractivity contribution in [1.82, 2.24) is 19.2 Å². The lowest BCUT2D eigenvalue weighted by Gasteiger charge is -2.29. The van der Waals surface area contributed by atoms with E-state index in [2.05, 4.69) is 16.4 Å². The van der Waals surface area contributed by atoms with Crippen molar-refractivity contribution >= 4 is 32.5 Å². The minimum atomic E-state index is -4.00. The minimum absolute atomic E-state index is 0.206. The summed E-state index contributed by atoms with van der Waals surface area (Å²) in [5.41, 5.74) is 6.37. The molecular formula is C35H38N4O5S. The van der Waals surface area contributed by atoms with Crippen LogP contribution in [0, 0.1) is 0 Å². The molecule has 0 saturated heterocycles. The van der Waals surface area contributed by atoms with E-state index in [0.29, 0.717) is 28.6 Å². The normalized spacial score (nSPS) is 18.7. The first-order chi connectivity index (χ1) is 21.5. The molecule has 3 heterocycles. The van der Waals surface area contributed by atoms with E-state index in [9.17, 15) is 18.3 Å². The summed E-state index contributed by atoms with van der Waals surface area (Å²) in [6.45, 7) is 5.24. The SMILES string of the molecule is COc1cc(C2=C[C@@](C)(S(=O)(=O)n3cc(-c4ccc(C(=O)N(C)CC(C)O)cc4)c4cccnc43)CC=C2)cc2c1CCNC2. The van der Waals surface area contributed by atoms with E-state index in [1.807, 2.05) is 42.5 Å². The van der Waals surface area contributed by atoms with Gasteiger partial charge in [-0.3, -0.25) is 4.79 Å². The number of benzene rings is 2. The van der Waals surface area contributed by atoms with Crippen LogP contribution >= 0.6 is 0 Å². The number of hydrogen-bond donors (Lipinski definition) is 2. The van der Waals surface area contributed by atoms with Crippen LogP contribution in [0.15, 0.2) is 79.2 Å². The Morgan fingerprint density at radius 1 is 1.20 bits per heavy atom. The Bertz CT molecular complexity index is 1930. The van der Waals surface area contributed by atoms with E-state index in [-0.39, 0.29) is 12.5 Å². The van der Waals surface area contributed by atoms with Gasteiger partial charge in [0, 0.05) is 49.0 Å². The van der Waals surface area contributed by atoms with E-state index in [0.717, 1.165) is 47.5 Å². The van der Waals surface area contributed by atoms with Crippen molar-refractivity contribution < 1.29 is 23.1 Å². The van der Waals surface area contributed by atoms with Crippen molar-refractivity contribution in [3.63, 3.8) is 0 Å². The maximum absolute atomic E-state index is 14.5. The Hall–Kier alpha value is -4.25. The molecule has 0 bridgehead atoms. The lowest BCUT2D eigenvalue weighted by atomic mass is 9.89. The number of likely N-dealkylation sites (N-methyl/N-ethyl adjacent to an activating group) is 1. The summed E-state index contributed by atoms with van der Waals surface area (Å²) in [7, 11) is -0.678. The number of hydrogen-bond acceptors (Lipinski definition) is 7. The number of aliphatic hydroxyl groups excluding tert-OH is 1. The second-order valence-electron chi connectivity index (χ2n) is 12.1. The van der Waals surface area contributed by atoms with Crippen LogP contribution in [0.2, 0.25) is 0 Å². The average Bonchev–Trinajstić information content (AvgIpc) is 3.44. The van der Waals surface area contributed by atoms with Gasteiger partial charge < -0.3 is 20.1 Å². The number of aliphatic hydroxyl groups is 1. The van der Waals surface area contributed by atoms with Crippen LogP contribution in [0.5, 0.6) is 5.75 Å². The smallest absolute Gasteiger partial charge is 0.253 e. The molecule has 45 heavy (non-hydrogen) atoms. The molecular weight excluding hydrogens is 588 g/mol. The van der Waals surface area contributed by atoms with Crippen molar-refractivity contribution in [2.45, 2.75) is 44.1 Å². The number of nitrogens with one attached hydrogen (secondary N) is 1. The summed E-state index contributed by atoms with van der Waals surface area (Å²) in [6, 6.07) is 14.8. The largest absolute Gasteiger partial charge is 0.496 e. The van der Waals surface area contributed by atoms with Crippen LogP contribution in [-0.2, 0) is 23.0 Å². The number of ether oxygens (including phenoxy) is 1. The molecule has 0 fully saturated rings. The molecule has 2 aliphatic rings. The van der Waals surface area contributed by atoms with Gasteiger partial charge in [-0.25, -0.2) is 17.4 Å². The molecule has 6 rings (SSSR count). The maximum atomic E-state index is 14.5. The summed E-state index contributed by atoms with van der Waals surface area (Å²) in [6.07, 6.45) is 9.52. The molecule has 1 aliphatic heterocycles. The highest BCUT2D eigenvalue weighted by Gasteiger charge is 2.41. The topological polar surface area (TPSA) is 114 Å². The number of nitrogens with zero attached hydrogens (tertiary/aromatic N) is 3. The quantitative estimate of drug-likeness (QED) is 0.289. The van der Waals surface area contributed by atoms with Crippen molar-refractivity contribution in [3.05, 3.63) is 101 Å². The maximum Gasteiger partial charge on any atom is 0.253 e. The van der Waals surface area contributed by atoms with Gasteiger partial charge in [0.25, 0.3) is 5.91 Å². The van der Waals surface area contributed by atoms with E-state index in [1.54, 1.807) is 58.6 Å². The van der Waals surface area contributed by atoms with Crippen LogP contribution in [0.1, 0.15) is 47.3 Å². The molecule has 9 nitrogen and oxygen atoms in total. The fraction of sp³-hybridized carbons (Fsp3) is 0.314. The third kappa shape index (κ3) is 5.58. The van der Waals surface area contributed by atoms with Crippen LogP contribution in [0.4, 0.5) is 0 Å². The predicted molar refractivity (Wildman–Crippen MR) is 177 cm³/mol. The molecule has 1 unspecified atom stereocenters. The van der Waals surface area contributed by atoms with Crippen LogP contribution < -0.4 is 10.1 Å². The summed E-state index contributed by atoms with van der Waals surface area (Å²) in [5.74, 6) is 0.615. The summed E-state index contributed by atoms with van der Waals surface area (Å²) in [5, 5.41) is 13.8. The van der Waals surface area contributed by atoms with Gasteiger partial charge in [0.2, 0.25) is 10.0 Å². The summed E-state index contributed by atoms with van der Waals surface area (Å²) in [4.78, 5) is 18.8. The third-order valence-corrected chi connectivity index (χ3v) is 11.0. The van der Waals surface area contributed by atoms with Gasteiger partial charge in [-0.15, -0.1) is 0 Å². The number of pyridine rings is 1. The molecule has 4 aromatic rings. The molecule has 10 heteroatoms. The van der Waals surface area contributed by atoms with Crippen molar-refractivity contribution in [1.29, 1.82) is 0 Å². The second kappa shape index (κ2) is 11.9. The number of fused-ring (bicyclic) bond motifs is 2. The van der Waals surface area contributed by atoms with Crippen LogP contribution in [0.3, 0.4) is 0 Å². The Morgan fingerprint density at radius 3 is 2.71 bits per heavy atom. The lowest BCUT2D eigenvalue weighted by Crippen LogP contribution is -2.38. The van der Waals surface area contributed by atoms with Gasteiger partial charge in [-0.05, 0) is 97.5 Å². The number of aromatic nitrogens is 2. The van der Waals surface area contributed by atoms with E-state index < -0.39 is 20.9 Å². The molecule has 1 amide bonds. The highest BCUT2D eigenvalue weighted by molar-refractivity contribution is 7.91. The molecule has 0 spiro atoms. The number of methoxy groups -OCH3 is 1. The first kappa shape index (κ1) is 30.8. The van der Waals surface area contributed by atoms with Gasteiger partial charge in [-0.2, -0.15) is 0 Å². The highest BCUT2D eigenvalue weighted by Crippen LogP contribution is 2.39. The zero-order chi connectivity index (χ0) is 31.9. The zero-order valence-corrected chi connectivity index (χ0v) is 26.8. The number of allylic oxidation sites excluding steroid dienone is 3. The molecule has 234 valence electrons. The number of amides is 1. The first-order valence-corrected chi connectivity index (χ1v) is 16.5. The summed E-state index contributed by atoms with van der Waals surface area (Å²) >= 11 is 0. The van der Waals surface area contributed by atoms with E-state index in [1.165, 1.54) is 14.4 Å². The van der Waals surface area contributed by atoms with Crippen LogP contribution in [0.25, 0.3) is 27.7 Å². The first-order valence-electron chi connectivity index (χ1n) is 15.1. The average molecular weight is 627 g/mol. The van der Waals surface area contributed by atoms with Crippen molar-refractivity contribution in [3.8, 4) is 16.9 Å². The summed E-state index contributed by atoms with van der Waals surface area (Å²) < 4.78 is 34.9. The fourth-order valence-electron chi connectivity index (χ4n) is 6.31. The molecule has 0 saturated carbocycles. The van der Waals surface area contributed by atoms with Gasteiger partial charge in [0.15, 0.2) is 5.65 Å². The fourth-order valence-corrected chi connectivity index (χ4v) is 7.96. The standard InChI is InChI=1S/C35H38N4O5S/c1-23(40)21-38(3)34(41)25-11-9-24(10-12-25)31-22-39(33-30(31)8-6-15-37-33)45(42,43)35(2)14-5-7-26(19-35)27-17-28-20-36-16-13-29(28)32(18-27)44-4/h5-12,15,17-19,22-23,36,40H,13-14,16,20-21H2,1-4H3/t23?,35-/m0/s1. The van der Waals surface area contributed by atoms with Crippen LogP contribution in [-0.4, -0.2) is 71.4 Å². The zero-order valence-electron chi connectivity index (χ0n) is 25.9. The Labute approximate surface area is 263 Å². The monoisotopic (exact) mass is 626 g/mol. The van der Waals surface area contributed by atoms with Gasteiger partial charge in [-0.1, -0.05) is 30.4 Å². The van der Waals surface area contributed by atoms with Gasteiger partial charge in [0.1, 0.15) is 10.5 Å². The molecule has 2 N–H and O–H groups in total. The predicted octanol–water partition coefficient (Wildman–Crippen LogP) is 4.79. The third-order valence-electron chi connectivity index (χ3n) is 8.71. The number of rotatable bonds is 8. The molecule has 2 atom stereocenters. The molecule has 1 aliphatic carbocycles. The molecule has 0 radical (unpaired) electrons. The Kier molecular flexibility index (Phi) is 8.15. The van der Waals surface area contributed by atoms with Crippen molar-refractivity contribution in [2.24, 2.45) is 0 Å². The van der Waals surface area contributed by atoms with E-state index >= 15 is 0 Å². The molecule has 2 aromatic heterocycles. The van der Waals surface area contributed by atoms with Gasteiger partial charge >= 0.3 is 0 Å². The second-order valence-corrected chi connectivity index (χ2v) is 14.4. The minimum Gasteiger partial charge on any atom is -0.496 e. The van der Waals surface area contributed by atoms with E-state index in [4.69, 9.17) is 4.74 Å². The Balaban J connectivity index is 1.38. The van der Waals surface area contributed by atoms with Crippen molar-refractivity contribution in [2.75, 3.05) is 27.2 Å². The number of carbonyl (C=O) groups excluding carboxylic acids is 1. The molecule has 2 aromatic carbocycles. The Morgan fingerprint density at radius 2 is 1.98 bits per heavy atom. The highest BCUT2D eigenvalue weighted by atomic mass is 32.2.